The Labute approximate surface area is 95.3 Å². The molecule has 2 heterocycles. The first-order chi connectivity index (χ1) is 7.90. The maximum absolute atomic E-state index is 3.60. The predicted octanol–water partition coefficient (Wildman–Crippen LogP) is 2.00. The van der Waals surface area contributed by atoms with Gasteiger partial charge >= 0.3 is 0 Å². The Kier molecular flexibility index (Phi) is 1.55. The minimum atomic E-state index is 0.204. The summed E-state index contributed by atoms with van der Waals surface area (Å²) in [7, 11) is 0. The summed E-state index contributed by atoms with van der Waals surface area (Å²) in [4.78, 5) is 2.50. The van der Waals surface area contributed by atoms with E-state index in [1.165, 1.54) is 11.6 Å². The maximum atomic E-state index is 3.60. The van der Waals surface area contributed by atoms with Gasteiger partial charge in [-0.3, -0.25) is 10.2 Å². The lowest BCUT2D eigenvalue weighted by molar-refractivity contribution is 0.395. The summed E-state index contributed by atoms with van der Waals surface area (Å²) in [6, 6.07) is 12.0. The Morgan fingerprint density at radius 2 is 2.06 bits per heavy atom. The van der Waals surface area contributed by atoms with Crippen LogP contribution in [0.2, 0.25) is 0 Å². The largest absolute Gasteiger partial charge is 0.285 e. The number of allylic oxidation sites excluding steroid dienone is 2. The monoisotopic (exact) mass is 209 g/mol. The third-order valence-corrected chi connectivity index (χ3v) is 3.75. The third kappa shape index (κ3) is 0.984. The van der Waals surface area contributed by atoms with E-state index < -0.39 is 0 Å². The van der Waals surface area contributed by atoms with E-state index in [4.69, 9.17) is 0 Å². The fraction of sp³-hybridized carbons (Fsp3) is 0.214. The van der Waals surface area contributed by atoms with E-state index in [9.17, 15) is 0 Å². The second-order valence-corrected chi connectivity index (χ2v) is 4.64. The summed E-state index contributed by atoms with van der Waals surface area (Å²) in [5, 5.41) is 3.60. The number of benzene rings is 1. The number of hydrogen-bond acceptors (Lipinski definition) is 2. The lowest BCUT2D eigenvalue weighted by atomic mass is 9.96. The molecule has 0 aromatic heterocycles. The molecule has 79 valence electrons. The van der Waals surface area contributed by atoms with E-state index in [0.29, 0.717) is 6.17 Å². The lowest BCUT2D eigenvalue weighted by Crippen LogP contribution is -2.28. The van der Waals surface area contributed by atoms with Gasteiger partial charge in [-0.15, -0.1) is 0 Å². The molecule has 0 amide bonds. The van der Waals surface area contributed by atoms with E-state index in [0.717, 1.165) is 6.54 Å². The summed E-state index contributed by atoms with van der Waals surface area (Å²) in [5.74, 6) is 0. The molecule has 3 atom stereocenters. The average molecular weight is 209 g/mol. The van der Waals surface area contributed by atoms with Crippen molar-refractivity contribution in [2.45, 2.75) is 11.7 Å². The van der Waals surface area contributed by atoms with Crippen molar-refractivity contribution >= 4 is 0 Å². The van der Waals surface area contributed by atoms with Crippen LogP contribution in [0.3, 0.4) is 0 Å². The first kappa shape index (κ1) is 8.74. The number of nitrogens with one attached hydrogen (secondary N) is 1. The van der Waals surface area contributed by atoms with Crippen LogP contribution in [0.1, 0.15) is 11.7 Å². The molecule has 1 aliphatic carbocycles. The summed E-state index contributed by atoms with van der Waals surface area (Å²) < 4.78 is 0. The van der Waals surface area contributed by atoms with Crippen LogP contribution in [0.4, 0.5) is 0 Å². The van der Waals surface area contributed by atoms with E-state index in [1.807, 2.05) is 0 Å². The summed E-state index contributed by atoms with van der Waals surface area (Å²) in [6.07, 6.45) is 9.11. The Hall–Kier alpha value is -1.38. The van der Waals surface area contributed by atoms with Gasteiger partial charge in [-0.05, 0) is 5.56 Å². The van der Waals surface area contributed by atoms with Crippen LogP contribution >= 0.6 is 0 Å². The molecule has 3 aliphatic rings. The van der Waals surface area contributed by atoms with Gasteiger partial charge in [0.15, 0.2) is 0 Å². The van der Waals surface area contributed by atoms with E-state index >= 15 is 0 Å². The molecule has 0 saturated carbocycles. The molecule has 1 spiro atoms. The molecule has 0 bridgehead atoms. The molecule has 1 radical (unpaired) electrons. The van der Waals surface area contributed by atoms with Crippen molar-refractivity contribution in [1.82, 2.24) is 10.2 Å². The van der Waals surface area contributed by atoms with Gasteiger partial charge in [0.1, 0.15) is 0 Å². The Morgan fingerprint density at radius 1 is 1.19 bits per heavy atom. The molecule has 2 aliphatic heterocycles. The Morgan fingerprint density at radius 3 is 2.88 bits per heavy atom. The zero-order valence-electron chi connectivity index (χ0n) is 8.93. The van der Waals surface area contributed by atoms with Crippen molar-refractivity contribution in [3.8, 4) is 0 Å². The van der Waals surface area contributed by atoms with Gasteiger partial charge in [0, 0.05) is 6.54 Å². The molecule has 3 unspecified atom stereocenters. The van der Waals surface area contributed by atoms with Gasteiger partial charge in [-0.1, -0.05) is 54.6 Å². The second-order valence-electron chi connectivity index (χ2n) is 4.64. The molecule has 4 rings (SSSR count). The highest BCUT2D eigenvalue weighted by molar-refractivity contribution is 5.49. The average Bonchev–Trinajstić information content (AvgIpc) is 2.96. The van der Waals surface area contributed by atoms with Crippen molar-refractivity contribution in [3.05, 3.63) is 66.2 Å². The SMILES string of the molecule is C1=C[C]2NC(c3ccccc3)N3CC23C=C1. The van der Waals surface area contributed by atoms with Crippen molar-refractivity contribution in [2.75, 3.05) is 6.54 Å². The van der Waals surface area contributed by atoms with Crippen LogP contribution in [0.25, 0.3) is 0 Å². The maximum Gasteiger partial charge on any atom is 0.0877 e. The standard InChI is InChI=1S/C14H13N2/c1-2-6-11(7-3-1)13-15-12-8-4-5-9-14(12)10-16(13)14/h1-9,13,15H,10H2. The van der Waals surface area contributed by atoms with Crippen LogP contribution in [-0.4, -0.2) is 17.0 Å². The smallest absolute Gasteiger partial charge is 0.0877 e. The zero-order valence-corrected chi connectivity index (χ0v) is 8.93. The van der Waals surface area contributed by atoms with E-state index in [2.05, 4.69) is 64.9 Å². The minimum Gasteiger partial charge on any atom is -0.285 e. The molecule has 2 nitrogen and oxygen atoms in total. The second kappa shape index (κ2) is 2.84. The minimum absolute atomic E-state index is 0.204. The first-order valence-electron chi connectivity index (χ1n) is 5.72. The Bertz CT molecular complexity index is 477. The van der Waals surface area contributed by atoms with Crippen LogP contribution < -0.4 is 5.32 Å². The summed E-state index contributed by atoms with van der Waals surface area (Å²) >= 11 is 0. The zero-order chi connectivity index (χ0) is 10.6. The van der Waals surface area contributed by atoms with Gasteiger partial charge in [-0.25, -0.2) is 0 Å². The lowest BCUT2D eigenvalue weighted by Gasteiger charge is -2.18. The van der Waals surface area contributed by atoms with E-state index in [1.54, 1.807) is 0 Å². The van der Waals surface area contributed by atoms with Crippen molar-refractivity contribution < 1.29 is 0 Å². The van der Waals surface area contributed by atoms with Gasteiger partial charge in [0.25, 0.3) is 0 Å². The van der Waals surface area contributed by atoms with E-state index in [-0.39, 0.29) is 5.54 Å². The molecular formula is C14H13N2. The highest BCUT2D eigenvalue weighted by atomic mass is 15.5. The molecule has 1 aromatic carbocycles. The molecule has 2 saturated heterocycles. The van der Waals surface area contributed by atoms with Crippen molar-refractivity contribution in [2.24, 2.45) is 0 Å². The van der Waals surface area contributed by atoms with Crippen LogP contribution in [0.5, 0.6) is 0 Å². The predicted molar refractivity (Wildman–Crippen MR) is 63.3 cm³/mol. The van der Waals surface area contributed by atoms with Gasteiger partial charge in [-0.2, -0.15) is 0 Å². The van der Waals surface area contributed by atoms with Gasteiger partial charge in [0.05, 0.1) is 17.7 Å². The van der Waals surface area contributed by atoms with Crippen LogP contribution in [0, 0.1) is 6.04 Å². The van der Waals surface area contributed by atoms with Gasteiger partial charge in [0.2, 0.25) is 0 Å². The first-order valence-corrected chi connectivity index (χ1v) is 5.72. The van der Waals surface area contributed by atoms with Crippen LogP contribution in [0.15, 0.2) is 54.6 Å². The highest BCUT2D eigenvalue weighted by Gasteiger charge is 2.64. The quantitative estimate of drug-likeness (QED) is 0.712. The topological polar surface area (TPSA) is 15.0 Å². The normalized spacial score (nSPS) is 39.5. The molecule has 16 heavy (non-hydrogen) atoms. The molecule has 1 aromatic rings. The molecule has 2 fully saturated rings. The molecule has 2 heteroatoms. The van der Waals surface area contributed by atoms with Gasteiger partial charge < -0.3 is 0 Å². The van der Waals surface area contributed by atoms with Crippen LogP contribution in [-0.2, 0) is 0 Å². The Balaban J connectivity index is 1.71. The summed E-state index contributed by atoms with van der Waals surface area (Å²) in [6.45, 7) is 1.15. The third-order valence-electron chi connectivity index (χ3n) is 3.75. The fourth-order valence-corrected chi connectivity index (χ4v) is 2.83. The number of rotatable bonds is 1. The number of hydrogen-bond donors (Lipinski definition) is 1. The molecular weight excluding hydrogens is 196 g/mol. The van der Waals surface area contributed by atoms with Crippen molar-refractivity contribution in [3.63, 3.8) is 0 Å². The van der Waals surface area contributed by atoms with Crippen molar-refractivity contribution in [1.29, 1.82) is 0 Å². The number of nitrogens with zero attached hydrogens (tertiary/aromatic N) is 1. The molecule has 1 N–H and O–H groups in total. The highest BCUT2D eigenvalue weighted by Crippen LogP contribution is 2.54. The fourth-order valence-electron chi connectivity index (χ4n) is 2.83. The summed E-state index contributed by atoms with van der Waals surface area (Å²) in [5.41, 5.74) is 1.55.